The molecule has 0 aliphatic carbocycles. The van der Waals surface area contributed by atoms with E-state index in [2.05, 4.69) is 38.2 Å². The Labute approximate surface area is 342 Å². The standard InChI is InChI=1S/C49H95NO5/c1-4-7-10-13-16-19-21-22-23-24-25-26-28-30-33-36-39-42-49(54)55-45(40-37-34-31-18-15-12-9-6-3)43-48(53)50-46(44-51)47(52)41-38-35-32-29-27-20-17-14-11-8-5-2/h12,15,45-47,51-52H,4-11,13-14,16-44H2,1-3H3,(H,50,53)/b15-12-. The molecule has 6 nitrogen and oxygen atoms in total. The SMILES string of the molecule is CCC/C=C\CCCCCC(CC(=O)NC(CO)C(O)CCCCCCCCCCCCC)OC(=O)CCCCCCCCCCCCCCCCCCC. The molecule has 0 radical (unpaired) electrons. The third-order valence-corrected chi connectivity index (χ3v) is 11.3. The molecule has 0 aromatic rings. The zero-order valence-corrected chi connectivity index (χ0v) is 37.1. The minimum Gasteiger partial charge on any atom is -0.462 e. The molecule has 0 heterocycles. The van der Waals surface area contributed by atoms with Crippen molar-refractivity contribution in [3.63, 3.8) is 0 Å². The van der Waals surface area contributed by atoms with Crippen molar-refractivity contribution < 1.29 is 24.5 Å². The number of aliphatic hydroxyl groups is 2. The Morgan fingerprint density at radius 2 is 0.909 bits per heavy atom. The van der Waals surface area contributed by atoms with Gasteiger partial charge in [-0.15, -0.1) is 0 Å². The van der Waals surface area contributed by atoms with Gasteiger partial charge in [-0.3, -0.25) is 9.59 Å². The van der Waals surface area contributed by atoms with Gasteiger partial charge >= 0.3 is 5.97 Å². The van der Waals surface area contributed by atoms with Crippen LogP contribution in [0.25, 0.3) is 0 Å². The van der Waals surface area contributed by atoms with Gasteiger partial charge in [-0.1, -0.05) is 219 Å². The Bertz CT molecular complexity index is 832. The second-order valence-electron chi connectivity index (χ2n) is 16.9. The fourth-order valence-electron chi connectivity index (χ4n) is 7.61. The van der Waals surface area contributed by atoms with Crippen molar-refractivity contribution in [2.75, 3.05) is 6.61 Å². The van der Waals surface area contributed by atoms with Crippen LogP contribution in [0.2, 0.25) is 0 Å². The molecule has 3 N–H and O–H groups in total. The van der Waals surface area contributed by atoms with Gasteiger partial charge in [0, 0.05) is 6.42 Å². The monoisotopic (exact) mass is 778 g/mol. The van der Waals surface area contributed by atoms with E-state index in [4.69, 9.17) is 4.74 Å². The zero-order chi connectivity index (χ0) is 40.3. The quantitative estimate of drug-likeness (QED) is 0.0325. The molecule has 3 atom stereocenters. The van der Waals surface area contributed by atoms with Crippen LogP contribution < -0.4 is 5.32 Å². The topological polar surface area (TPSA) is 95.9 Å². The maximum atomic E-state index is 13.1. The molecule has 0 aromatic heterocycles. The second kappa shape index (κ2) is 43.7. The van der Waals surface area contributed by atoms with E-state index in [0.29, 0.717) is 19.3 Å². The van der Waals surface area contributed by atoms with Crippen LogP contribution in [-0.4, -0.2) is 46.9 Å². The second-order valence-corrected chi connectivity index (χ2v) is 16.9. The fraction of sp³-hybridized carbons (Fsp3) is 0.918. The van der Waals surface area contributed by atoms with E-state index in [9.17, 15) is 19.8 Å². The van der Waals surface area contributed by atoms with E-state index >= 15 is 0 Å². The third kappa shape index (κ3) is 39.2. The van der Waals surface area contributed by atoms with Gasteiger partial charge < -0.3 is 20.3 Å². The number of ether oxygens (including phenoxy) is 1. The number of aliphatic hydroxyl groups excluding tert-OH is 2. The lowest BCUT2D eigenvalue weighted by Crippen LogP contribution is -2.46. The molecule has 0 aliphatic rings. The van der Waals surface area contributed by atoms with Crippen molar-refractivity contribution in [3.05, 3.63) is 12.2 Å². The first-order chi connectivity index (χ1) is 27.0. The molecule has 1 amide bonds. The van der Waals surface area contributed by atoms with E-state index < -0.39 is 18.2 Å². The van der Waals surface area contributed by atoms with E-state index in [1.54, 1.807) is 0 Å². The number of amides is 1. The van der Waals surface area contributed by atoms with Crippen molar-refractivity contribution in [2.45, 2.75) is 283 Å². The largest absolute Gasteiger partial charge is 0.462 e. The number of hydrogen-bond acceptors (Lipinski definition) is 5. The van der Waals surface area contributed by atoms with Gasteiger partial charge in [-0.2, -0.15) is 0 Å². The lowest BCUT2D eigenvalue weighted by Gasteiger charge is -2.24. The van der Waals surface area contributed by atoms with Crippen LogP contribution in [0.4, 0.5) is 0 Å². The summed E-state index contributed by atoms with van der Waals surface area (Å²) in [6, 6.07) is -0.697. The number of hydrogen-bond donors (Lipinski definition) is 3. The number of allylic oxidation sites excluding steroid dienone is 2. The highest BCUT2D eigenvalue weighted by Gasteiger charge is 2.24. The Hall–Kier alpha value is -1.40. The molecule has 3 unspecified atom stereocenters. The summed E-state index contributed by atoms with van der Waals surface area (Å²) in [5.74, 6) is -0.480. The number of carbonyl (C=O) groups excluding carboxylic acids is 2. The molecule has 0 spiro atoms. The van der Waals surface area contributed by atoms with Crippen LogP contribution in [0.3, 0.4) is 0 Å². The van der Waals surface area contributed by atoms with Gasteiger partial charge in [0.25, 0.3) is 0 Å². The Morgan fingerprint density at radius 1 is 0.509 bits per heavy atom. The van der Waals surface area contributed by atoms with Crippen LogP contribution in [0, 0.1) is 0 Å². The predicted octanol–water partition coefficient (Wildman–Crippen LogP) is 14.2. The van der Waals surface area contributed by atoms with Crippen LogP contribution in [0.5, 0.6) is 0 Å². The Kier molecular flexibility index (Phi) is 42.6. The van der Waals surface area contributed by atoms with E-state index in [1.165, 1.54) is 154 Å². The summed E-state index contributed by atoms with van der Waals surface area (Å²) in [7, 11) is 0. The van der Waals surface area contributed by atoms with Gasteiger partial charge in [0.05, 0.1) is 25.2 Å². The first-order valence-corrected chi connectivity index (χ1v) is 24.4. The third-order valence-electron chi connectivity index (χ3n) is 11.3. The lowest BCUT2D eigenvalue weighted by atomic mass is 10.0. The van der Waals surface area contributed by atoms with Gasteiger partial charge in [0.1, 0.15) is 6.10 Å². The zero-order valence-electron chi connectivity index (χ0n) is 37.1. The number of nitrogens with one attached hydrogen (secondary N) is 1. The van der Waals surface area contributed by atoms with Crippen LogP contribution >= 0.6 is 0 Å². The van der Waals surface area contributed by atoms with Crippen LogP contribution in [0.1, 0.15) is 265 Å². The van der Waals surface area contributed by atoms with E-state index in [-0.39, 0.29) is 24.9 Å². The summed E-state index contributed by atoms with van der Waals surface area (Å²) < 4.78 is 5.89. The van der Waals surface area contributed by atoms with Gasteiger partial charge in [-0.25, -0.2) is 0 Å². The normalized spacial score (nSPS) is 13.3. The highest BCUT2D eigenvalue weighted by molar-refractivity contribution is 5.77. The van der Waals surface area contributed by atoms with Crippen molar-refractivity contribution in [3.8, 4) is 0 Å². The number of carbonyl (C=O) groups is 2. The average molecular weight is 778 g/mol. The van der Waals surface area contributed by atoms with Gasteiger partial charge in [0.2, 0.25) is 5.91 Å². The first-order valence-electron chi connectivity index (χ1n) is 24.4. The lowest BCUT2D eigenvalue weighted by molar-refractivity contribution is -0.151. The summed E-state index contributed by atoms with van der Waals surface area (Å²) >= 11 is 0. The minimum absolute atomic E-state index is 0.0723. The average Bonchev–Trinajstić information content (AvgIpc) is 3.18. The van der Waals surface area contributed by atoms with Crippen molar-refractivity contribution in [1.29, 1.82) is 0 Å². The molecule has 0 aromatic carbocycles. The number of unbranched alkanes of at least 4 members (excludes halogenated alkanes) is 30. The molecule has 326 valence electrons. The molecular formula is C49H95NO5. The molecule has 0 aliphatic heterocycles. The molecule has 0 saturated carbocycles. The molecule has 0 rings (SSSR count). The molecule has 0 saturated heterocycles. The number of rotatable bonds is 44. The maximum Gasteiger partial charge on any atom is 0.306 e. The molecular weight excluding hydrogens is 683 g/mol. The smallest absolute Gasteiger partial charge is 0.306 e. The van der Waals surface area contributed by atoms with Gasteiger partial charge in [0.15, 0.2) is 0 Å². The highest BCUT2D eigenvalue weighted by Crippen LogP contribution is 2.18. The minimum atomic E-state index is -0.783. The number of esters is 1. The summed E-state index contributed by atoms with van der Waals surface area (Å²) in [5.41, 5.74) is 0. The van der Waals surface area contributed by atoms with Crippen molar-refractivity contribution in [2.24, 2.45) is 0 Å². The molecule has 55 heavy (non-hydrogen) atoms. The van der Waals surface area contributed by atoms with Crippen molar-refractivity contribution in [1.82, 2.24) is 5.32 Å². The van der Waals surface area contributed by atoms with E-state index in [1.807, 2.05) is 0 Å². The summed E-state index contributed by atoms with van der Waals surface area (Å²) in [6.45, 7) is 6.41. The van der Waals surface area contributed by atoms with Crippen LogP contribution in [0.15, 0.2) is 12.2 Å². The molecule has 0 bridgehead atoms. The summed E-state index contributed by atoms with van der Waals surface area (Å²) in [4.78, 5) is 26.0. The maximum absolute atomic E-state index is 13.1. The molecule has 0 fully saturated rings. The summed E-state index contributed by atoms with van der Waals surface area (Å²) in [5, 5.41) is 23.6. The predicted molar refractivity (Wildman–Crippen MR) is 237 cm³/mol. The summed E-state index contributed by atoms with van der Waals surface area (Å²) in [6.07, 6.45) is 47.1. The molecule has 6 heteroatoms. The first kappa shape index (κ1) is 53.6. The van der Waals surface area contributed by atoms with Gasteiger partial charge in [-0.05, 0) is 44.9 Å². The fourth-order valence-corrected chi connectivity index (χ4v) is 7.61. The Balaban J connectivity index is 4.39. The van der Waals surface area contributed by atoms with Crippen LogP contribution in [-0.2, 0) is 14.3 Å². The highest BCUT2D eigenvalue weighted by atomic mass is 16.5. The van der Waals surface area contributed by atoms with E-state index in [0.717, 1.165) is 64.2 Å². The Morgan fingerprint density at radius 3 is 1.36 bits per heavy atom. The van der Waals surface area contributed by atoms with Crippen molar-refractivity contribution >= 4 is 11.9 Å².